The molecule has 0 aliphatic heterocycles. The molecule has 1 aromatic carbocycles. The SMILES string of the molecule is CCCCN(C)S(=O)(=O)c1ccc(S(=O)(=O)F)cc1. The van der Waals surface area contributed by atoms with Gasteiger partial charge >= 0.3 is 10.2 Å². The van der Waals surface area contributed by atoms with E-state index in [2.05, 4.69) is 0 Å². The van der Waals surface area contributed by atoms with Gasteiger partial charge in [-0.15, -0.1) is 3.89 Å². The van der Waals surface area contributed by atoms with Gasteiger partial charge in [0.2, 0.25) is 10.0 Å². The molecule has 0 aliphatic rings. The van der Waals surface area contributed by atoms with Crippen molar-refractivity contribution in [3.8, 4) is 0 Å². The predicted molar refractivity (Wildman–Crippen MR) is 69.5 cm³/mol. The third kappa shape index (κ3) is 3.99. The molecule has 0 saturated heterocycles. The molecule has 0 radical (unpaired) electrons. The van der Waals surface area contributed by atoms with Crippen molar-refractivity contribution in [1.29, 1.82) is 0 Å². The third-order valence-electron chi connectivity index (χ3n) is 2.64. The summed E-state index contributed by atoms with van der Waals surface area (Å²) in [6.45, 7) is 2.32. The topological polar surface area (TPSA) is 71.5 Å². The second kappa shape index (κ2) is 5.98. The quantitative estimate of drug-likeness (QED) is 0.751. The summed E-state index contributed by atoms with van der Waals surface area (Å²) in [5.41, 5.74) is 0. The molecule has 5 nitrogen and oxygen atoms in total. The number of nitrogens with zero attached hydrogens (tertiary/aromatic N) is 1. The number of hydrogen-bond acceptors (Lipinski definition) is 4. The fraction of sp³-hybridized carbons (Fsp3) is 0.455. The summed E-state index contributed by atoms with van der Waals surface area (Å²) < 4.78 is 59.3. The molecule has 0 unspecified atom stereocenters. The average Bonchev–Trinajstić information content (AvgIpc) is 2.35. The minimum atomic E-state index is -4.81. The Hall–Kier alpha value is -0.990. The highest BCUT2D eigenvalue weighted by Crippen LogP contribution is 2.19. The van der Waals surface area contributed by atoms with Crippen LogP contribution in [0.15, 0.2) is 34.1 Å². The van der Waals surface area contributed by atoms with Crippen LogP contribution in [-0.2, 0) is 20.2 Å². The van der Waals surface area contributed by atoms with E-state index in [9.17, 15) is 20.7 Å². The molecule has 19 heavy (non-hydrogen) atoms. The lowest BCUT2D eigenvalue weighted by Gasteiger charge is -2.16. The number of hydrogen-bond donors (Lipinski definition) is 0. The van der Waals surface area contributed by atoms with E-state index < -0.39 is 25.1 Å². The largest absolute Gasteiger partial charge is 0.332 e. The smallest absolute Gasteiger partial charge is 0.207 e. The van der Waals surface area contributed by atoms with Crippen molar-refractivity contribution in [1.82, 2.24) is 4.31 Å². The van der Waals surface area contributed by atoms with Crippen molar-refractivity contribution in [2.45, 2.75) is 29.6 Å². The van der Waals surface area contributed by atoms with Gasteiger partial charge in [0.05, 0.1) is 9.79 Å². The molecule has 0 fully saturated rings. The summed E-state index contributed by atoms with van der Waals surface area (Å²) in [5, 5.41) is 0. The third-order valence-corrected chi connectivity index (χ3v) is 5.35. The maximum atomic E-state index is 12.7. The van der Waals surface area contributed by atoms with E-state index in [1.807, 2.05) is 6.92 Å². The lowest BCUT2D eigenvalue weighted by atomic mass is 10.3. The average molecular weight is 309 g/mol. The molecule has 0 aromatic heterocycles. The highest BCUT2D eigenvalue weighted by molar-refractivity contribution is 7.89. The number of unbranched alkanes of at least 4 members (excludes halogenated alkanes) is 1. The minimum Gasteiger partial charge on any atom is -0.207 e. The molecule has 1 rings (SSSR count). The van der Waals surface area contributed by atoms with Crippen LogP contribution in [-0.4, -0.2) is 34.7 Å². The Morgan fingerprint density at radius 1 is 1.05 bits per heavy atom. The van der Waals surface area contributed by atoms with Gasteiger partial charge in [-0.05, 0) is 30.7 Å². The van der Waals surface area contributed by atoms with Crippen molar-refractivity contribution in [2.75, 3.05) is 13.6 Å². The number of benzene rings is 1. The molecule has 0 atom stereocenters. The van der Waals surface area contributed by atoms with Crippen molar-refractivity contribution < 1.29 is 20.7 Å². The summed E-state index contributed by atoms with van der Waals surface area (Å²) in [6.07, 6.45) is 1.59. The van der Waals surface area contributed by atoms with Gasteiger partial charge in [0.25, 0.3) is 0 Å². The van der Waals surface area contributed by atoms with Gasteiger partial charge in [0.1, 0.15) is 0 Å². The van der Waals surface area contributed by atoms with Crippen molar-refractivity contribution in [3.05, 3.63) is 24.3 Å². The maximum Gasteiger partial charge on any atom is 0.332 e. The Balaban J connectivity index is 3.03. The first-order valence-corrected chi connectivity index (χ1v) is 8.53. The van der Waals surface area contributed by atoms with E-state index in [1.165, 1.54) is 11.4 Å². The van der Waals surface area contributed by atoms with Crippen LogP contribution < -0.4 is 0 Å². The van der Waals surface area contributed by atoms with Gasteiger partial charge in [0.15, 0.2) is 0 Å². The normalized spacial score (nSPS) is 12.8. The molecular weight excluding hydrogens is 293 g/mol. The van der Waals surface area contributed by atoms with Gasteiger partial charge in [-0.1, -0.05) is 13.3 Å². The van der Waals surface area contributed by atoms with Gasteiger partial charge in [-0.2, -0.15) is 8.42 Å². The standard InChI is InChI=1S/C11H16FNO4S2/c1-3-4-9-13(2)19(16,17)11-7-5-10(6-8-11)18(12,14)15/h5-8H,3-4,9H2,1-2H3. The Morgan fingerprint density at radius 2 is 1.53 bits per heavy atom. The summed E-state index contributed by atoms with van der Waals surface area (Å²) in [5.74, 6) is 0. The highest BCUT2D eigenvalue weighted by atomic mass is 32.3. The minimum absolute atomic E-state index is 0.0569. The molecule has 0 spiro atoms. The van der Waals surface area contributed by atoms with Crippen LogP contribution in [0.3, 0.4) is 0 Å². The molecule has 8 heteroatoms. The number of sulfonamides is 1. The molecule has 0 amide bonds. The second-order valence-corrected chi connectivity index (χ2v) is 7.48. The van der Waals surface area contributed by atoms with E-state index >= 15 is 0 Å². The monoisotopic (exact) mass is 309 g/mol. The van der Waals surface area contributed by atoms with Crippen molar-refractivity contribution >= 4 is 20.2 Å². The van der Waals surface area contributed by atoms with Crippen LogP contribution in [0.4, 0.5) is 3.89 Å². The first kappa shape index (κ1) is 16.1. The van der Waals surface area contributed by atoms with Crippen LogP contribution in [0.1, 0.15) is 19.8 Å². The molecule has 0 aliphatic carbocycles. The first-order chi connectivity index (χ1) is 8.69. The van der Waals surface area contributed by atoms with Crippen LogP contribution >= 0.6 is 0 Å². The Bertz CT molecular complexity index is 623. The number of halogens is 1. The zero-order valence-electron chi connectivity index (χ0n) is 10.7. The van der Waals surface area contributed by atoms with Crippen LogP contribution in [0, 0.1) is 0 Å². The van der Waals surface area contributed by atoms with E-state index in [4.69, 9.17) is 0 Å². The van der Waals surface area contributed by atoms with Gasteiger partial charge in [-0.25, -0.2) is 12.7 Å². The summed E-state index contributed by atoms with van der Waals surface area (Å²) in [4.78, 5) is -0.610. The number of rotatable bonds is 6. The van der Waals surface area contributed by atoms with E-state index in [1.54, 1.807) is 0 Å². The van der Waals surface area contributed by atoms with E-state index in [0.29, 0.717) is 6.54 Å². The zero-order chi connectivity index (χ0) is 14.7. The predicted octanol–water partition coefficient (Wildman–Crippen LogP) is 1.77. The molecule has 108 valence electrons. The zero-order valence-corrected chi connectivity index (χ0v) is 12.3. The fourth-order valence-electron chi connectivity index (χ4n) is 1.46. The second-order valence-electron chi connectivity index (χ2n) is 4.09. The molecular formula is C11H16FNO4S2. The van der Waals surface area contributed by atoms with Crippen molar-refractivity contribution in [3.63, 3.8) is 0 Å². The Labute approximate surface area is 113 Å². The Kier molecular flexibility index (Phi) is 5.05. The molecule has 0 saturated carbocycles. The molecule has 0 heterocycles. The summed E-state index contributed by atoms with van der Waals surface area (Å²) in [7, 11) is -7.02. The van der Waals surface area contributed by atoms with Crippen LogP contribution in [0.5, 0.6) is 0 Å². The highest BCUT2D eigenvalue weighted by Gasteiger charge is 2.21. The van der Waals surface area contributed by atoms with E-state index in [0.717, 1.165) is 37.1 Å². The molecule has 0 N–H and O–H groups in total. The van der Waals surface area contributed by atoms with Gasteiger partial charge in [-0.3, -0.25) is 0 Å². The van der Waals surface area contributed by atoms with Crippen LogP contribution in [0.25, 0.3) is 0 Å². The lowest BCUT2D eigenvalue weighted by Crippen LogP contribution is -2.27. The molecule has 0 bridgehead atoms. The summed E-state index contributed by atoms with van der Waals surface area (Å²) >= 11 is 0. The van der Waals surface area contributed by atoms with Crippen molar-refractivity contribution in [2.24, 2.45) is 0 Å². The van der Waals surface area contributed by atoms with Gasteiger partial charge in [0, 0.05) is 13.6 Å². The lowest BCUT2D eigenvalue weighted by molar-refractivity contribution is 0.459. The fourth-order valence-corrected chi connectivity index (χ4v) is 3.13. The van der Waals surface area contributed by atoms with Crippen LogP contribution in [0.2, 0.25) is 0 Å². The van der Waals surface area contributed by atoms with Gasteiger partial charge < -0.3 is 0 Å². The maximum absolute atomic E-state index is 12.7. The van der Waals surface area contributed by atoms with E-state index in [-0.39, 0.29) is 4.90 Å². The Morgan fingerprint density at radius 3 is 1.95 bits per heavy atom. The summed E-state index contributed by atoms with van der Waals surface area (Å²) in [6, 6.07) is 4.06. The molecule has 1 aromatic rings. The first-order valence-electron chi connectivity index (χ1n) is 5.70.